The molecule has 0 saturated heterocycles. The summed E-state index contributed by atoms with van der Waals surface area (Å²) in [5.41, 5.74) is 4.31. The lowest BCUT2D eigenvalue weighted by Gasteiger charge is -2.20. The predicted molar refractivity (Wildman–Crippen MR) is 124 cm³/mol. The van der Waals surface area contributed by atoms with Crippen molar-refractivity contribution in [1.82, 2.24) is 9.58 Å². The summed E-state index contributed by atoms with van der Waals surface area (Å²) in [6.07, 6.45) is 3.71. The molecule has 0 atom stereocenters. The average molecular weight is 420 g/mol. The lowest BCUT2D eigenvalue weighted by molar-refractivity contribution is -0.114. The molecule has 1 N–H and O–H groups in total. The van der Waals surface area contributed by atoms with E-state index in [1.165, 1.54) is 16.8 Å². The normalized spacial score (nSPS) is 17.6. The number of aromatic nitrogens is 1. The van der Waals surface area contributed by atoms with E-state index in [-0.39, 0.29) is 17.3 Å². The summed E-state index contributed by atoms with van der Waals surface area (Å²) in [5.74, 6) is 0.0238. The molecule has 0 bridgehead atoms. The SMILES string of the molecule is CCC(CC)C1=NN2C(=N)/C(=C/c3cc(C)n(-c4ccccc4)c3C)C(=O)N=C2S1. The van der Waals surface area contributed by atoms with E-state index in [4.69, 9.17) is 5.41 Å². The van der Waals surface area contributed by atoms with E-state index in [1.807, 2.05) is 38.1 Å². The number of benzene rings is 1. The van der Waals surface area contributed by atoms with Crippen molar-refractivity contribution in [2.24, 2.45) is 16.0 Å². The van der Waals surface area contributed by atoms with Crippen LogP contribution in [0.2, 0.25) is 0 Å². The van der Waals surface area contributed by atoms with Crippen LogP contribution < -0.4 is 0 Å². The van der Waals surface area contributed by atoms with Crippen LogP contribution in [0.5, 0.6) is 0 Å². The fourth-order valence-corrected chi connectivity index (χ4v) is 5.03. The molecule has 0 fully saturated rings. The Morgan fingerprint density at radius 3 is 2.53 bits per heavy atom. The first-order valence-corrected chi connectivity index (χ1v) is 11.0. The fraction of sp³-hybridized carbons (Fsp3) is 0.304. The maximum absolute atomic E-state index is 12.7. The molecular formula is C23H25N5OS. The van der Waals surface area contributed by atoms with Gasteiger partial charge in [-0.05, 0) is 68.3 Å². The molecule has 1 aromatic heterocycles. The monoisotopic (exact) mass is 419 g/mol. The summed E-state index contributed by atoms with van der Waals surface area (Å²) < 4.78 is 2.15. The average Bonchev–Trinajstić information content (AvgIpc) is 3.27. The van der Waals surface area contributed by atoms with Gasteiger partial charge in [-0.2, -0.15) is 15.1 Å². The number of rotatable bonds is 5. The highest BCUT2D eigenvalue weighted by Crippen LogP contribution is 2.33. The minimum atomic E-state index is -0.385. The highest BCUT2D eigenvalue weighted by atomic mass is 32.2. The van der Waals surface area contributed by atoms with Gasteiger partial charge in [0.05, 0.1) is 5.57 Å². The molecule has 6 nitrogen and oxygen atoms in total. The second-order valence-corrected chi connectivity index (χ2v) is 8.46. The van der Waals surface area contributed by atoms with Crippen LogP contribution >= 0.6 is 11.8 Å². The number of amidine groups is 2. The molecule has 1 amide bonds. The van der Waals surface area contributed by atoms with Crippen LogP contribution in [-0.2, 0) is 4.79 Å². The van der Waals surface area contributed by atoms with Gasteiger partial charge in [0.1, 0.15) is 5.04 Å². The van der Waals surface area contributed by atoms with E-state index < -0.39 is 0 Å². The topological polar surface area (TPSA) is 73.8 Å². The molecule has 7 heteroatoms. The summed E-state index contributed by atoms with van der Waals surface area (Å²) in [7, 11) is 0. The number of hydrogen-bond donors (Lipinski definition) is 1. The second kappa shape index (κ2) is 8.07. The molecule has 2 aliphatic rings. The number of fused-ring (bicyclic) bond motifs is 1. The van der Waals surface area contributed by atoms with Gasteiger partial charge in [-0.15, -0.1) is 0 Å². The van der Waals surface area contributed by atoms with E-state index in [1.54, 1.807) is 6.08 Å². The van der Waals surface area contributed by atoms with Gasteiger partial charge >= 0.3 is 0 Å². The minimum absolute atomic E-state index is 0.0861. The van der Waals surface area contributed by atoms with Crippen molar-refractivity contribution < 1.29 is 4.79 Å². The van der Waals surface area contributed by atoms with Crippen LogP contribution in [-0.4, -0.2) is 31.5 Å². The summed E-state index contributed by atoms with van der Waals surface area (Å²) in [6.45, 7) is 8.31. The van der Waals surface area contributed by atoms with Gasteiger partial charge in [-0.3, -0.25) is 10.2 Å². The van der Waals surface area contributed by atoms with Crippen molar-refractivity contribution in [3.63, 3.8) is 0 Å². The molecule has 3 heterocycles. The number of para-hydroxylation sites is 1. The molecule has 0 radical (unpaired) electrons. The van der Waals surface area contributed by atoms with Crippen molar-refractivity contribution in [3.05, 3.63) is 58.9 Å². The first kappa shape index (κ1) is 20.3. The van der Waals surface area contributed by atoms with Crippen molar-refractivity contribution >= 4 is 39.8 Å². The van der Waals surface area contributed by atoms with Crippen LogP contribution in [0, 0.1) is 25.2 Å². The van der Waals surface area contributed by atoms with Gasteiger partial charge in [-0.1, -0.05) is 32.0 Å². The van der Waals surface area contributed by atoms with Crippen LogP contribution in [0.25, 0.3) is 11.8 Å². The Kier molecular flexibility index (Phi) is 5.47. The van der Waals surface area contributed by atoms with Gasteiger partial charge in [0, 0.05) is 23.0 Å². The number of aliphatic imine (C=N–C) groups is 1. The van der Waals surface area contributed by atoms with Crippen molar-refractivity contribution in [3.8, 4) is 5.69 Å². The quantitative estimate of drug-likeness (QED) is 0.681. The Morgan fingerprint density at radius 1 is 1.17 bits per heavy atom. The number of nitrogens with one attached hydrogen (secondary N) is 1. The minimum Gasteiger partial charge on any atom is -0.318 e. The highest BCUT2D eigenvalue weighted by Gasteiger charge is 2.37. The Hall–Kier alpha value is -2.93. The maximum Gasteiger partial charge on any atom is 0.283 e. The van der Waals surface area contributed by atoms with E-state index in [2.05, 4.69) is 40.6 Å². The zero-order valence-corrected chi connectivity index (χ0v) is 18.5. The summed E-state index contributed by atoms with van der Waals surface area (Å²) in [5, 5.41) is 16.2. The Bertz CT molecular complexity index is 1110. The number of carbonyl (C=O) groups excluding carboxylic acids is 1. The first-order valence-electron chi connectivity index (χ1n) is 10.2. The number of hydrogen-bond acceptors (Lipinski definition) is 4. The molecule has 0 aliphatic carbocycles. The smallest absolute Gasteiger partial charge is 0.283 e. The molecule has 154 valence electrons. The van der Waals surface area contributed by atoms with E-state index in [9.17, 15) is 4.79 Å². The highest BCUT2D eigenvalue weighted by molar-refractivity contribution is 8.27. The van der Waals surface area contributed by atoms with Gasteiger partial charge in [0.2, 0.25) is 5.17 Å². The molecule has 1 aromatic carbocycles. The number of thioether (sulfide) groups is 1. The van der Waals surface area contributed by atoms with Crippen LogP contribution in [0.1, 0.15) is 43.6 Å². The van der Waals surface area contributed by atoms with E-state index in [0.29, 0.717) is 11.1 Å². The molecule has 2 aliphatic heterocycles. The van der Waals surface area contributed by atoms with Gasteiger partial charge in [-0.25, -0.2) is 0 Å². The fourth-order valence-electron chi connectivity index (χ4n) is 3.87. The van der Waals surface area contributed by atoms with Gasteiger partial charge in [0.15, 0.2) is 5.84 Å². The Morgan fingerprint density at radius 2 is 1.87 bits per heavy atom. The van der Waals surface area contributed by atoms with Crippen LogP contribution in [0.15, 0.2) is 52.1 Å². The number of hydrazone groups is 1. The molecular weight excluding hydrogens is 394 g/mol. The predicted octanol–water partition coefficient (Wildman–Crippen LogP) is 5.15. The molecule has 0 spiro atoms. The standard InChI is InChI=1S/C23H25N5OS/c1-5-16(6-2)22-26-28-20(24)19(21(29)25-23(28)30-22)13-17-12-14(3)27(15(17)4)18-10-8-7-9-11-18/h7-13,16,24H,5-6H2,1-4H3/b19-13-,24-20?. The number of amides is 1. The first-order chi connectivity index (χ1) is 14.4. The van der Waals surface area contributed by atoms with Crippen LogP contribution in [0.3, 0.4) is 0 Å². The summed E-state index contributed by atoms with van der Waals surface area (Å²) in [4.78, 5) is 17.0. The van der Waals surface area contributed by atoms with Crippen molar-refractivity contribution in [2.45, 2.75) is 40.5 Å². The lowest BCUT2D eigenvalue weighted by atomic mass is 10.1. The zero-order chi connectivity index (χ0) is 21.4. The third-order valence-corrected chi connectivity index (χ3v) is 6.66. The second-order valence-electron chi connectivity index (χ2n) is 7.47. The third kappa shape index (κ3) is 3.43. The number of aryl methyl sites for hydroxylation is 1. The van der Waals surface area contributed by atoms with E-state index >= 15 is 0 Å². The summed E-state index contributed by atoms with van der Waals surface area (Å²) >= 11 is 1.41. The van der Waals surface area contributed by atoms with Crippen molar-refractivity contribution in [1.29, 1.82) is 5.41 Å². The lowest BCUT2D eigenvalue weighted by Crippen LogP contribution is -2.35. The molecule has 0 saturated carbocycles. The molecule has 30 heavy (non-hydrogen) atoms. The zero-order valence-electron chi connectivity index (χ0n) is 17.6. The molecule has 2 aromatic rings. The maximum atomic E-state index is 12.7. The van der Waals surface area contributed by atoms with Gasteiger partial charge < -0.3 is 4.57 Å². The van der Waals surface area contributed by atoms with Gasteiger partial charge in [0.25, 0.3) is 5.91 Å². The molecule has 4 rings (SSSR count). The molecule has 0 unspecified atom stereocenters. The third-order valence-electron chi connectivity index (χ3n) is 5.59. The Labute approximate surface area is 180 Å². The van der Waals surface area contributed by atoms with Crippen LogP contribution in [0.4, 0.5) is 0 Å². The van der Waals surface area contributed by atoms with E-state index in [0.717, 1.165) is 40.5 Å². The number of carbonyl (C=O) groups is 1. The van der Waals surface area contributed by atoms with Crippen molar-refractivity contribution in [2.75, 3.05) is 0 Å². The Balaban J connectivity index is 1.71. The number of nitrogens with zero attached hydrogens (tertiary/aromatic N) is 4. The summed E-state index contributed by atoms with van der Waals surface area (Å²) in [6, 6.07) is 12.1. The largest absolute Gasteiger partial charge is 0.318 e.